The Morgan fingerprint density at radius 2 is 2.29 bits per heavy atom. The molecule has 3 N–H and O–H groups in total. The lowest BCUT2D eigenvalue weighted by atomic mass is 9.80. The van der Waals surface area contributed by atoms with Gasteiger partial charge in [-0.1, -0.05) is 0 Å². The molecule has 1 aliphatic rings. The van der Waals surface area contributed by atoms with E-state index in [1.54, 1.807) is 0 Å². The number of H-pyrrole nitrogens is 1. The molecule has 90 valence electrons. The van der Waals surface area contributed by atoms with Gasteiger partial charge in [0.05, 0.1) is 11.0 Å². The summed E-state index contributed by atoms with van der Waals surface area (Å²) in [5.41, 5.74) is 0.232. The lowest BCUT2D eigenvalue weighted by Gasteiger charge is -2.36. The van der Waals surface area contributed by atoms with Crippen molar-refractivity contribution in [2.24, 2.45) is 0 Å². The molecule has 0 aromatic carbocycles. The summed E-state index contributed by atoms with van der Waals surface area (Å²) in [5, 5.41) is 14.2. The van der Waals surface area contributed by atoms with Crippen molar-refractivity contribution in [1.29, 1.82) is 0 Å². The summed E-state index contributed by atoms with van der Waals surface area (Å²) < 4.78 is 0.927. The molecule has 2 heterocycles. The number of aromatic amines is 1. The number of aromatic nitrogens is 3. The van der Waals surface area contributed by atoms with E-state index in [9.17, 15) is 5.11 Å². The Morgan fingerprint density at radius 3 is 3.00 bits per heavy atom. The van der Waals surface area contributed by atoms with Crippen molar-refractivity contribution >= 4 is 32.8 Å². The minimum absolute atomic E-state index is 0.538. The lowest BCUT2D eigenvalue weighted by molar-refractivity contribution is -0.0202. The minimum atomic E-state index is -0.555. The zero-order valence-corrected chi connectivity index (χ0v) is 10.8. The number of rotatable bonds is 3. The topological polar surface area (TPSA) is 73.8 Å². The number of hydrogen-bond acceptors (Lipinski definition) is 4. The fraction of sp³-hybridized carbons (Fsp3) is 0.455. The van der Waals surface area contributed by atoms with Gasteiger partial charge in [0.1, 0.15) is 17.8 Å². The van der Waals surface area contributed by atoms with Gasteiger partial charge in [0.15, 0.2) is 0 Å². The monoisotopic (exact) mass is 296 g/mol. The van der Waals surface area contributed by atoms with E-state index in [0.717, 1.165) is 40.6 Å². The number of fused-ring (bicyclic) bond motifs is 1. The Hall–Kier alpha value is -1.14. The Morgan fingerprint density at radius 1 is 1.47 bits per heavy atom. The molecule has 2 aromatic heterocycles. The highest BCUT2D eigenvalue weighted by Gasteiger charge is 2.34. The molecule has 3 rings (SSSR count). The van der Waals surface area contributed by atoms with Crippen molar-refractivity contribution in [2.45, 2.75) is 24.9 Å². The molecule has 2 aromatic rings. The van der Waals surface area contributed by atoms with Crippen LogP contribution in [0.4, 0.5) is 5.82 Å². The summed E-state index contributed by atoms with van der Waals surface area (Å²) in [7, 11) is 0. The maximum absolute atomic E-state index is 10.0. The van der Waals surface area contributed by atoms with Gasteiger partial charge in [0, 0.05) is 17.2 Å². The number of nitrogens with one attached hydrogen (secondary N) is 2. The van der Waals surface area contributed by atoms with Crippen LogP contribution >= 0.6 is 15.9 Å². The van der Waals surface area contributed by atoms with Crippen LogP contribution in [0.2, 0.25) is 0 Å². The maximum atomic E-state index is 10.0. The van der Waals surface area contributed by atoms with Crippen molar-refractivity contribution in [3.8, 4) is 0 Å². The van der Waals surface area contributed by atoms with Crippen LogP contribution in [-0.4, -0.2) is 32.2 Å². The van der Waals surface area contributed by atoms with Gasteiger partial charge in [-0.2, -0.15) is 0 Å². The highest BCUT2D eigenvalue weighted by molar-refractivity contribution is 9.10. The molecule has 5 nitrogen and oxygen atoms in total. The maximum Gasteiger partial charge on any atom is 0.144 e. The van der Waals surface area contributed by atoms with E-state index in [1.165, 1.54) is 6.33 Å². The quantitative estimate of drug-likeness (QED) is 0.810. The standard InChI is InChI=1S/C11H13BrN4O/c12-7-4-13-9-8(7)10(16-6-15-9)14-5-11(17)2-1-3-11/h4,6,17H,1-3,5H2,(H2,13,14,15,16). The second-order valence-electron chi connectivity index (χ2n) is 4.51. The molecule has 0 spiro atoms. The Kier molecular flexibility index (Phi) is 2.56. The Balaban J connectivity index is 1.87. The average molecular weight is 297 g/mol. The third-order valence-electron chi connectivity index (χ3n) is 3.29. The molecular weight excluding hydrogens is 284 g/mol. The van der Waals surface area contributed by atoms with Crippen LogP contribution < -0.4 is 5.32 Å². The second-order valence-corrected chi connectivity index (χ2v) is 5.37. The summed E-state index contributed by atoms with van der Waals surface area (Å²) in [6.45, 7) is 0.538. The van der Waals surface area contributed by atoms with Crippen LogP contribution in [-0.2, 0) is 0 Å². The Bertz CT molecular complexity index is 549. The number of anilines is 1. The van der Waals surface area contributed by atoms with Crippen molar-refractivity contribution in [3.63, 3.8) is 0 Å². The molecule has 6 heteroatoms. The van der Waals surface area contributed by atoms with Gasteiger partial charge < -0.3 is 15.4 Å². The number of nitrogens with zero attached hydrogens (tertiary/aromatic N) is 2. The van der Waals surface area contributed by atoms with Crippen LogP contribution in [0.15, 0.2) is 17.0 Å². The fourth-order valence-corrected chi connectivity index (χ4v) is 2.56. The predicted octanol–water partition coefficient (Wildman–Crippen LogP) is 2.05. The van der Waals surface area contributed by atoms with E-state index >= 15 is 0 Å². The SMILES string of the molecule is OC1(CNc2ncnc3[nH]cc(Br)c23)CCC1. The summed E-state index contributed by atoms with van der Waals surface area (Å²) in [5.74, 6) is 0.753. The average Bonchev–Trinajstić information content (AvgIpc) is 2.67. The summed E-state index contributed by atoms with van der Waals surface area (Å²) >= 11 is 3.46. The van der Waals surface area contributed by atoms with E-state index in [-0.39, 0.29) is 0 Å². The van der Waals surface area contributed by atoms with E-state index < -0.39 is 5.60 Å². The lowest BCUT2D eigenvalue weighted by Crippen LogP contribution is -2.43. The van der Waals surface area contributed by atoms with Gasteiger partial charge >= 0.3 is 0 Å². The highest BCUT2D eigenvalue weighted by atomic mass is 79.9. The summed E-state index contributed by atoms with van der Waals surface area (Å²) in [6.07, 6.45) is 6.18. The van der Waals surface area contributed by atoms with Crippen molar-refractivity contribution in [1.82, 2.24) is 15.0 Å². The molecule has 1 aliphatic carbocycles. The second kappa shape index (κ2) is 3.96. The predicted molar refractivity (Wildman–Crippen MR) is 68.9 cm³/mol. The van der Waals surface area contributed by atoms with Gasteiger partial charge in [-0.15, -0.1) is 0 Å². The van der Waals surface area contributed by atoms with Crippen molar-refractivity contribution < 1.29 is 5.11 Å². The third kappa shape index (κ3) is 1.91. The van der Waals surface area contributed by atoms with Gasteiger partial charge in [-0.25, -0.2) is 9.97 Å². The van der Waals surface area contributed by atoms with Crippen LogP contribution in [0, 0.1) is 0 Å². The molecule has 0 atom stereocenters. The molecule has 17 heavy (non-hydrogen) atoms. The molecule has 0 saturated heterocycles. The molecule has 0 bridgehead atoms. The van der Waals surface area contributed by atoms with Crippen LogP contribution in [0.5, 0.6) is 0 Å². The van der Waals surface area contributed by atoms with E-state index in [0.29, 0.717) is 6.54 Å². The largest absolute Gasteiger partial charge is 0.388 e. The molecule has 0 radical (unpaired) electrons. The third-order valence-corrected chi connectivity index (χ3v) is 3.92. The molecular formula is C11H13BrN4O. The van der Waals surface area contributed by atoms with E-state index in [4.69, 9.17) is 0 Å². The van der Waals surface area contributed by atoms with Crippen LogP contribution in [0.25, 0.3) is 11.0 Å². The molecule has 1 fully saturated rings. The molecule has 1 saturated carbocycles. The number of aliphatic hydroxyl groups is 1. The summed E-state index contributed by atoms with van der Waals surface area (Å²) in [4.78, 5) is 11.4. The zero-order chi connectivity index (χ0) is 11.9. The first kappa shape index (κ1) is 11.0. The van der Waals surface area contributed by atoms with Crippen LogP contribution in [0.1, 0.15) is 19.3 Å². The first-order valence-corrected chi connectivity index (χ1v) is 6.41. The molecule has 0 amide bonds. The van der Waals surface area contributed by atoms with Gasteiger partial charge in [0.25, 0.3) is 0 Å². The van der Waals surface area contributed by atoms with Gasteiger partial charge in [0.2, 0.25) is 0 Å². The first-order valence-electron chi connectivity index (χ1n) is 5.62. The van der Waals surface area contributed by atoms with E-state index in [2.05, 4.69) is 36.2 Å². The molecule has 0 aliphatic heterocycles. The van der Waals surface area contributed by atoms with Crippen molar-refractivity contribution in [2.75, 3.05) is 11.9 Å². The fourth-order valence-electron chi connectivity index (χ4n) is 2.07. The van der Waals surface area contributed by atoms with Gasteiger partial charge in [-0.3, -0.25) is 0 Å². The highest BCUT2D eigenvalue weighted by Crippen LogP contribution is 2.33. The van der Waals surface area contributed by atoms with Gasteiger partial charge in [-0.05, 0) is 35.2 Å². The summed E-state index contributed by atoms with van der Waals surface area (Å²) in [6, 6.07) is 0. The first-order chi connectivity index (χ1) is 8.18. The Labute approximate surface area is 107 Å². The zero-order valence-electron chi connectivity index (χ0n) is 9.20. The number of halogens is 1. The van der Waals surface area contributed by atoms with Crippen LogP contribution in [0.3, 0.4) is 0 Å². The van der Waals surface area contributed by atoms with E-state index in [1.807, 2.05) is 6.20 Å². The minimum Gasteiger partial charge on any atom is -0.388 e. The normalized spacial score (nSPS) is 18.0. The molecule has 0 unspecified atom stereocenters. The number of hydrogen-bond donors (Lipinski definition) is 3. The smallest absolute Gasteiger partial charge is 0.144 e. The van der Waals surface area contributed by atoms with Crippen molar-refractivity contribution in [3.05, 3.63) is 17.0 Å².